The fourth-order valence-corrected chi connectivity index (χ4v) is 2.36. The van der Waals surface area contributed by atoms with Crippen molar-refractivity contribution in [1.29, 1.82) is 0 Å². The molecule has 0 spiro atoms. The number of hydrogen-bond acceptors (Lipinski definition) is 3. The molecule has 102 valence electrons. The standard InChI is InChI=1S/C15H20ClN3/c1-10(2)13(5-7-17)19-14-6-8-18-15-9-11(16)3-4-12(14)15/h3-4,6,8-10,13H,5,7,17H2,1-2H3,(H,18,19). The summed E-state index contributed by atoms with van der Waals surface area (Å²) >= 11 is 6.00. The van der Waals surface area contributed by atoms with Gasteiger partial charge in [-0.25, -0.2) is 0 Å². The van der Waals surface area contributed by atoms with Crippen LogP contribution >= 0.6 is 11.6 Å². The Balaban J connectivity index is 2.34. The molecular formula is C15H20ClN3. The van der Waals surface area contributed by atoms with Crippen molar-refractivity contribution in [2.75, 3.05) is 11.9 Å². The summed E-state index contributed by atoms with van der Waals surface area (Å²) in [7, 11) is 0. The molecule has 0 fully saturated rings. The lowest BCUT2D eigenvalue weighted by atomic mass is 10.00. The molecule has 1 unspecified atom stereocenters. The summed E-state index contributed by atoms with van der Waals surface area (Å²) in [6.45, 7) is 5.09. The Morgan fingerprint density at radius 2 is 2.11 bits per heavy atom. The van der Waals surface area contributed by atoms with Gasteiger partial charge in [0.15, 0.2) is 0 Å². The number of aromatic nitrogens is 1. The number of nitrogens with zero attached hydrogens (tertiary/aromatic N) is 1. The van der Waals surface area contributed by atoms with E-state index in [-0.39, 0.29) is 0 Å². The van der Waals surface area contributed by atoms with Gasteiger partial charge in [0.2, 0.25) is 0 Å². The number of benzene rings is 1. The van der Waals surface area contributed by atoms with Crippen LogP contribution in [0.25, 0.3) is 10.9 Å². The minimum atomic E-state index is 0.367. The molecule has 0 aliphatic carbocycles. The largest absolute Gasteiger partial charge is 0.381 e. The highest BCUT2D eigenvalue weighted by molar-refractivity contribution is 6.31. The molecule has 0 aliphatic heterocycles. The molecule has 3 nitrogen and oxygen atoms in total. The van der Waals surface area contributed by atoms with Gasteiger partial charge >= 0.3 is 0 Å². The minimum Gasteiger partial charge on any atom is -0.381 e. The van der Waals surface area contributed by atoms with Crippen molar-refractivity contribution >= 4 is 28.2 Å². The summed E-state index contributed by atoms with van der Waals surface area (Å²) in [6, 6.07) is 8.15. The van der Waals surface area contributed by atoms with Crippen molar-refractivity contribution in [2.45, 2.75) is 26.3 Å². The molecule has 0 amide bonds. The molecule has 1 atom stereocenters. The van der Waals surface area contributed by atoms with Crippen LogP contribution in [0, 0.1) is 5.92 Å². The number of rotatable bonds is 5. The highest BCUT2D eigenvalue weighted by atomic mass is 35.5. The van der Waals surface area contributed by atoms with Gasteiger partial charge in [-0.15, -0.1) is 0 Å². The second-order valence-electron chi connectivity index (χ2n) is 5.09. The van der Waals surface area contributed by atoms with Crippen LogP contribution in [0.15, 0.2) is 30.5 Å². The first-order valence-electron chi connectivity index (χ1n) is 6.62. The van der Waals surface area contributed by atoms with Crippen LogP contribution in [0.3, 0.4) is 0 Å². The third-order valence-corrected chi connectivity index (χ3v) is 3.56. The Morgan fingerprint density at radius 1 is 1.32 bits per heavy atom. The zero-order chi connectivity index (χ0) is 13.8. The number of hydrogen-bond donors (Lipinski definition) is 2. The summed E-state index contributed by atoms with van der Waals surface area (Å²) in [5, 5.41) is 5.38. The van der Waals surface area contributed by atoms with E-state index in [1.165, 1.54) is 0 Å². The molecule has 2 rings (SSSR count). The van der Waals surface area contributed by atoms with Gasteiger partial charge in [0.25, 0.3) is 0 Å². The molecule has 0 aliphatic rings. The van der Waals surface area contributed by atoms with Crippen molar-refractivity contribution in [1.82, 2.24) is 4.98 Å². The van der Waals surface area contributed by atoms with Gasteiger partial charge < -0.3 is 11.1 Å². The number of anilines is 1. The second kappa shape index (κ2) is 6.22. The molecule has 19 heavy (non-hydrogen) atoms. The summed E-state index contributed by atoms with van der Waals surface area (Å²) in [4.78, 5) is 4.35. The van der Waals surface area contributed by atoms with E-state index in [1.54, 1.807) is 6.20 Å². The fraction of sp³-hybridized carbons (Fsp3) is 0.400. The van der Waals surface area contributed by atoms with E-state index in [2.05, 4.69) is 24.1 Å². The number of fused-ring (bicyclic) bond motifs is 1. The van der Waals surface area contributed by atoms with E-state index in [1.807, 2.05) is 24.3 Å². The van der Waals surface area contributed by atoms with Crippen LogP contribution in [0.4, 0.5) is 5.69 Å². The molecule has 3 N–H and O–H groups in total. The molecule has 0 saturated heterocycles. The second-order valence-corrected chi connectivity index (χ2v) is 5.53. The van der Waals surface area contributed by atoms with Crippen molar-refractivity contribution in [3.63, 3.8) is 0 Å². The first kappa shape index (κ1) is 14.1. The van der Waals surface area contributed by atoms with E-state index in [0.29, 0.717) is 23.5 Å². The Hall–Kier alpha value is -1.32. The smallest absolute Gasteiger partial charge is 0.0737 e. The Morgan fingerprint density at radius 3 is 2.79 bits per heavy atom. The SMILES string of the molecule is CC(C)C(CCN)Nc1ccnc2cc(Cl)ccc12. The van der Waals surface area contributed by atoms with E-state index < -0.39 is 0 Å². The highest BCUT2D eigenvalue weighted by Gasteiger charge is 2.13. The summed E-state index contributed by atoms with van der Waals surface area (Å²) in [6.07, 6.45) is 2.76. The Bertz CT molecular complexity index is 554. The normalized spacial score (nSPS) is 12.9. The number of pyridine rings is 1. The molecule has 2 aromatic rings. The number of nitrogens with one attached hydrogen (secondary N) is 1. The molecule has 0 bridgehead atoms. The Kier molecular flexibility index (Phi) is 4.61. The molecule has 0 saturated carbocycles. The van der Waals surface area contributed by atoms with E-state index in [9.17, 15) is 0 Å². The lowest BCUT2D eigenvalue weighted by molar-refractivity contribution is 0.499. The van der Waals surface area contributed by atoms with Crippen molar-refractivity contribution < 1.29 is 0 Å². The Labute approximate surface area is 119 Å². The van der Waals surface area contributed by atoms with Gasteiger partial charge in [-0.3, -0.25) is 4.98 Å². The number of nitrogens with two attached hydrogens (primary N) is 1. The third kappa shape index (κ3) is 3.37. The molecular weight excluding hydrogens is 258 g/mol. The summed E-state index contributed by atoms with van der Waals surface area (Å²) in [5.41, 5.74) is 7.69. The lowest BCUT2D eigenvalue weighted by Gasteiger charge is -2.23. The van der Waals surface area contributed by atoms with Gasteiger partial charge in [-0.05, 0) is 43.1 Å². The van der Waals surface area contributed by atoms with Crippen LogP contribution in [0.5, 0.6) is 0 Å². The van der Waals surface area contributed by atoms with Crippen LogP contribution in [0.2, 0.25) is 5.02 Å². The zero-order valence-electron chi connectivity index (χ0n) is 11.4. The van der Waals surface area contributed by atoms with Gasteiger partial charge in [-0.1, -0.05) is 25.4 Å². The van der Waals surface area contributed by atoms with Crippen LogP contribution in [-0.4, -0.2) is 17.6 Å². The molecule has 1 aromatic heterocycles. The average Bonchev–Trinajstić information content (AvgIpc) is 2.37. The molecule has 0 radical (unpaired) electrons. The predicted octanol–water partition coefficient (Wildman–Crippen LogP) is 3.67. The lowest BCUT2D eigenvalue weighted by Crippen LogP contribution is -2.28. The van der Waals surface area contributed by atoms with Crippen molar-refractivity contribution in [2.24, 2.45) is 11.7 Å². The van der Waals surface area contributed by atoms with Gasteiger partial charge in [0, 0.05) is 28.3 Å². The minimum absolute atomic E-state index is 0.367. The van der Waals surface area contributed by atoms with Crippen LogP contribution in [-0.2, 0) is 0 Å². The molecule has 1 heterocycles. The van der Waals surface area contributed by atoms with Crippen LogP contribution in [0.1, 0.15) is 20.3 Å². The maximum absolute atomic E-state index is 6.00. The van der Waals surface area contributed by atoms with E-state index in [4.69, 9.17) is 17.3 Å². The first-order valence-corrected chi connectivity index (χ1v) is 7.00. The van der Waals surface area contributed by atoms with Gasteiger partial charge in [0.1, 0.15) is 0 Å². The zero-order valence-corrected chi connectivity index (χ0v) is 12.1. The average molecular weight is 278 g/mol. The topological polar surface area (TPSA) is 50.9 Å². The quantitative estimate of drug-likeness (QED) is 0.877. The predicted molar refractivity (Wildman–Crippen MR) is 82.7 cm³/mol. The third-order valence-electron chi connectivity index (χ3n) is 3.33. The van der Waals surface area contributed by atoms with E-state index in [0.717, 1.165) is 23.0 Å². The summed E-state index contributed by atoms with van der Waals surface area (Å²) < 4.78 is 0. The fourth-order valence-electron chi connectivity index (χ4n) is 2.20. The highest BCUT2D eigenvalue weighted by Crippen LogP contribution is 2.26. The molecule has 4 heteroatoms. The van der Waals surface area contributed by atoms with E-state index >= 15 is 0 Å². The molecule has 1 aromatic carbocycles. The van der Waals surface area contributed by atoms with Crippen molar-refractivity contribution in [3.8, 4) is 0 Å². The monoisotopic (exact) mass is 277 g/mol. The van der Waals surface area contributed by atoms with Crippen molar-refractivity contribution in [3.05, 3.63) is 35.5 Å². The first-order chi connectivity index (χ1) is 9.11. The maximum atomic E-state index is 6.00. The van der Waals surface area contributed by atoms with Gasteiger partial charge in [0.05, 0.1) is 5.52 Å². The number of halogens is 1. The van der Waals surface area contributed by atoms with Gasteiger partial charge in [-0.2, -0.15) is 0 Å². The summed E-state index contributed by atoms with van der Waals surface area (Å²) in [5.74, 6) is 0.527. The van der Waals surface area contributed by atoms with Crippen LogP contribution < -0.4 is 11.1 Å². The maximum Gasteiger partial charge on any atom is 0.0737 e.